The molecule has 4 aromatic rings. The van der Waals surface area contributed by atoms with E-state index >= 15 is 0 Å². The third-order valence-corrected chi connectivity index (χ3v) is 4.45. The highest BCUT2D eigenvalue weighted by Gasteiger charge is 1.94. The normalized spacial score (nSPS) is 10.1. The Balaban J connectivity index is 0.000000171. The van der Waals surface area contributed by atoms with Crippen molar-refractivity contribution in [2.24, 2.45) is 0 Å². The first-order valence-electron chi connectivity index (χ1n) is 10.2. The van der Waals surface area contributed by atoms with Crippen molar-refractivity contribution in [2.45, 2.75) is 26.4 Å². The van der Waals surface area contributed by atoms with E-state index in [1.165, 1.54) is 22.3 Å². The first kappa shape index (κ1) is 21.5. The van der Waals surface area contributed by atoms with Crippen LogP contribution >= 0.6 is 0 Å². The van der Waals surface area contributed by atoms with Gasteiger partial charge in [-0.25, -0.2) is 0 Å². The minimum Gasteiger partial charge on any atom is -0.372 e. The fourth-order valence-electron chi connectivity index (χ4n) is 2.87. The summed E-state index contributed by atoms with van der Waals surface area (Å²) in [6.45, 7) is 2.71. The van der Waals surface area contributed by atoms with E-state index in [1.54, 1.807) is 0 Å². The van der Waals surface area contributed by atoms with Crippen LogP contribution in [0.25, 0.3) is 0 Å². The van der Waals surface area contributed by atoms with Crippen molar-refractivity contribution < 1.29 is 9.47 Å². The molecule has 30 heavy (non-hydrogen) atoms. The Morgan fingerprint density at radius 2 is 0.500 bits per heavy atom. The lowest BCUT2D eigenvalue weighted by molar-refractivity contribution is 0.107. The molecule has 0 fully saturated rings. The summed E-state index contributed by atoms with van der Waals surface area (Å²) in [5.41, 5.74) is 4.86. The first-order chi connectivity index (χ1) is 14.9. The van der Waals surface area contributed by atoms with Gasteiger partial charge >= 0.3 is 0 Å². The van der Waals surface area contributed by atoms with Gasteiger partial charge in [0.05, 0.1) is 26.4 Å². The Morgan fingerprint density at radius 3 is 0.700 bits per heavy atom. The second kappa shape index (κ2) is 13.1. The third kappa shape index (κ3) is 8.44. The molecule has 0 aromatic heterocycles. The Labute approximate surface area is 179 Å². The van der Waals surface area contributed by atoms with Crippen LogP contribution in [0, 0.1) is 0 Å². The highest BCUT2D eigenvalue weighted by atomic mass is 16.5. The molecule has 0 aliphatic carbocycles. The van der Waals surface area contributed by atoms with Gasteiger partial charge in [-0.2, -0.15) is 0 Å². The lowest BCUT2D eigenvalue weighted by atomic mass is 10.2. The fourth-order valence-corrected chi connectivity index (χ4v) is 2.87. The molecule has 0 aliphatic rings. The monoisotopic (exact) mass is 396 g/mol. The van der Waals surface area contributed by atoms with Crippen molar-refractivity contribution in [3.8, 4) is 0 Å². The van der Waals surface area contributed by atoms with Gasteiger partial charge in [0.1, 0.15) is 0 Å². The van der Waals surface area contributed by atoms with Gasteiger partial charge in [-0.3, -0.25) is 0 Å². The van der Waals surface area contributed by atoms with E-state index in [4.69, 9.17) is 9.47 Å². The summed E-state index contributed by atoms with van der Waals surface area (Å²) in [6, 6.07) is 40.9. The van der Waals surface area contributed by atoms with Crippen LogP contribution < -0.4 is 0 Å². The molecule has 2 nitrogen and oxygen atoms in total. The van der Waals surface area contributed by atoms with E-state index in [1.807, 2.05) is 72.8 Å². The predicted molar refractivity (Wildman–Crippen MR) is 123 cm³/mol. The average molecular weight is 397 g/mol. The van der Waals surface area contributed by atoms with Crippen LogP contribution in [0.15, 0.2) is 121 Å². The maximum atomic E-state index is 5.61. The molecule has 0 unspecified atom stereocenters. The van der Waals surface area contributed by atoms with Gasteiger partial charge in [0.15, 0.2) is 0 Å². The smallest absolute Gasteiger partial charge is 0.0721 e. The highest BCUT2D eigenvalue weighted by molar-refractivity contribution is 5.16. The largest absolute Gasteiger partial charge is 0.372 e. The number of hydrogen-bond acceptors (Lipinski definition) is 2. The second-order valence-electron chi connectivity index (χ2n) is 6.93. The van der Waals surface area contributed by atoms with Crippen LogP contribution in [-0.4, -0.2) is 0 Å². The maximum absolute atomic E-state index is 5.61. The molecule has 2 heteroatoms. The molecule has 4 aromatic carbocycles. The number of ether oxygens (including phenoxy) is 2. The van der Waals surface area contributed by atoms with Crippen LogP contribution in [-0.2, 0) is 35.9 Å². The van der Waals surface area contributed by atoms with Gasteiger partial charge in [-0.15, -0.1) is 0 Å². The van der Waals surface area contributed by atoms with Gasteiger partial charge in [0.2, 0.25) is 0 Å². The second-order valence-corrected chi connectivity index (χ2v) is 6.93. The van der Waals surface area contributed by atoms with E-state index in [0.29, 0.717) is 26.4 Å². The van der Waals surface area contributed by atoms with Crippen LogP contribution in [0.3, 0.4) is 0 Å². The predicted octanol–water partition coefficient (Wildman–Crippen LogP) is 6.81. The zero-order valence-electron chi connectivity index (χ0n) is 17.2. The summed E-state index contributed by atoms with van der Waals surface area (Å²) in [5.74, 6) is 0. The number of benzene rings is 4. The summed E-state index contributed by atoms with van der Waals surface area (Å²) < 4.78 is 11.2. The van der Waals surface area contributed by atoms with Crippen LogP contribution in [0.2, 0.25) is 0 Å². The zero-order valence-corrected chi connectivity index (χ0v) is 17.2. The van der Waals surface area contributed by atoms with E-state index < -0.39 is 0 Å². The molecule has 4 rings (SSSR count). The molecule has 0 spiro atoms. The van der Waals surface area contributed by atoms with Crippen molar-refractivity contribution in [2.75, 3.05) is 0 Å². The minimum absolute atomic E-state index is 0.676. The SMILES string of the molecule is c1ccc(COCc2ccccc2)cc1.c1ccc(COCc2ccccc2)cc1. The molecule has 0 N–H and O–H groups in total. The van der Waals surface area contributed by atoms with Crippen molar-refractivity contribution in [3.63, 3.8) is 0 Å². The summed E-state index contributed by atoms with van der Waals surface area (Å²) in [7, 11) is 0. The Kier molecular flexibility index (Phi) is 9.39. The standard InChI is InChI=1S/2C14H14O/c2*1-3-7-13(8-4-1)11-15-12-14-9-5-2-6-10-14/h2*1-10H,11-12H2. The average Bonchev–Trinajstić information content (AvgIpc) is 2.82. The fraction of sp³-hybridized carbons (Fsp3) is 0.143. The molecule has 0 saturated heterocycles. The Morgan fingerprint density at radius 1 is 0.300 bits per heavy atom. The zero-order chi connectivity index (χ0) is 20.7. The van der Waals surface area contributed by atoms with Gasteiger partial charge in [0, 0.05) is 0 Å². The summed E-state index contributed by atoms with van der Waals surface area (Å²) in [6.07, 6.45) is 0. The third-order valence-electron chi connectivity index (χ3n) is 4.45. The van der Waals surface area contributed by atoms with Crippen molar-refractivity contribution in [1.82, 2.24) is 0 Å². The van der Waals surface area contributed by atoms with E-state index in [0.717, 1.165) is 0 Å². The van der Waals surface area contributed by atoms with Gasteiger partial charge in [-0.1, -0.05) is 121 Å². The lowest BCUT2D eigenvalue weighted by Gasteiger charge is -2.03. The van der Waals surface area contributed by atoms with Crippen LogP contribution in [0.1, 0.15) is 22.3 Å². The number of hydrogen-bond donors (Lipinski definition) is 0. The Bertz CT molecular complexity index is 763. The van der Waals surface area contributed by atoms with Gasteiger partial charge in [0.25, 0.3) is 0 Å². The lowest BCUT2D eigenvalue weighted by Crippen LogP contribution is -1.93. The van der Waals surface area contributed by atoms with Crippen LogP contribution in [0.4, 0.5) is 0 Å². The van der Waals surface area contributed by atoms with Crippen molar-refractivity contribution in [1.29, 1.82) is 0 Å². The van der Waals surface area contributed by atoms with Crippen LogP contribution in [0.5, 0.6) is 0 Å². The molecule has 152 valence electrons. The van der Waals surface area contributed by atoms with E-state index in [9.17, 15) is 0 Å². The molecule has 0 radical (unpaired) electrons. The van der Waals surface area contributed by atoms with E-state index in [2.05, 4.69) is 48.5 Å². The summed E-state index contributed by atoms with van der Waals surface area (Å²) in [5, 5.41) is 0. The molecule has 0 amide bonds. The Hall–Kier alpha value is -3.20. The molecular weight excluding hydrogens is 368 g/mol. The topological polar surface area (TPSA) is 18.5 Å². The maximum Gasteiger partial charge on any atom is 0.0721 e. The molecule has 0 heterocycles. The summed E-state index contributed by atoms with van der Waals surface area (Å²) in [4.78, 5) is 0. The van der Waals surface area contributed by atoms with E-state index in [-0.39, 0.29) is 0 Å². The van der Waals surface area contributed by atoms with Gasteiger partial charge < -0.3 is 9.47 Å². The van der Waals surface area contributed by atoms with Crippen molar-refractivity contribution >= 4 is 0 Å². The van der Waals surface area contributed by atoms with Crippen molar-refractivity contribution in [3.05, 3.63) is 144 Å². The first-order valence-corrected chi connectivity index (χ1v) is 10.2. The molecule has 0 aliphatic heterocycles. The summed E-state index contributed by atoms with van der Waals surface area (Å²) >= 11 is 0. The highest BCUT2D eigenvalue weighted by Crippen LogP contribution is 2.06. The molecule has 0 atom stereocenters. The minimum atomic E-state index is 0.676. The quantitative estimate of drug-likeness (QED) is 0.326. The number of rotatable bonds is 8. The molecular formula is C28H28O2. The molecule has 0 bridgehead atoms. The van der Waals surface area contributed by atoms with Gasteiger partial charge in [-0.05, 0) is 22.3 Å². The molecule has 0 saturated carbocycles.